The van der Waals surface area contributed by atoms with Crippen LogP contribution in [-0.2, 0) is 0 Å². The molecule has 1 aromatic heterocycles. The smallest absolute Gasteiger partial charge is 0.134 e. The van der Waals surface area contributed by atoms with Crippen molar-refractivity contribution in [3.05, 3.63) is 11.9 Å². The molecule has 88 valence electrons. The number of anilines is 2. The van der Waals surface area contributed by atoms with Crippen molar-refractivity contribution in [2.24, 2.45) is 5.92 Å². The van der Waals surface area contributed by atoms with Crippen molar-refractivity contribution < 1.29 is 0 Å². The molecule has 0 aromatic carbocycles. The van der Waals surface area contributed by atoms with Crippen LogP contribution < -0.4 is 10.6 Å². The third-order valence-corrected chi connectivity index (χ3v) is 4.13. The fourth-order valence-electron chi connectivity index (χ4n) is 1.87. The molecule has 0 bridgehead atoms. The first-order chi connectivity index (χ1) is 7.81. The van der Waals surface area contributed by atoms with Crippen LogP contribution in [0.5, 0.6) is 0 Å². The minimum Gasteiger partial charge on any atom is -0.373 e. The van der Waals surface area contributed by atoms with Gasteiger partial charge in [0.2, 0.25) is 0 Å². The minimum atomic E-state index is 0.789. The van der Waals surface area contributed by atoms with Gasteiger partial charge in [0.1, 0.15) is 18.0 Å². The summed E-state index contributed by atoms with van der Waals surface area (Å²) >= 11 is 2.04. The highest BCUT2D eigenvalue weighted by Crippen LogP contribution is 2.24. The van der Waals surface area contributed by atoms with E-state index in [-0.39, 0.29) is 0 Å². The quantitative estimate of drug-likeness (QED) is 0.840. The summed E-state index contributed by atoms with van der Waals surface area (Å²) in [5.41, 5.74) is 1.09. The number of nitrogens with zero attached hydrogens (tertiary/aromatic N) is 2. The van der Waals surface area contributed by atoms with Gasteiger partial charge in [0, 0.05) is 19.2 Å². The van der Waals surface area contributed by atoms with Gasteiger partial charge in [-0.05, 0) is 30.8 Å². The summed E-state index contributed by atoms with van der Waals surface area (Å²) in [6.45, 7) is 3.06. The molecule has 2 rings (SSSR count). The average molecular weight is 238 g/mol. The molecular weight excluding hydrogens is 220 g/mol. The van der Waals surface area contributed by atoms with Gasteiger partial charge >= 0.3 is 0 Å². The van der Waals surface area contributed by atoms with Crippen LogP contribution in [0.3, 0.4) is 0 Å². The molecule has 1 aromatic rings. The Morgan fingerprint density at radius 2 is 2.25 bits per heavy atom. The van der Waals surface area contributed by atoms with Crippen molar-refractivity contribution in [2.45, 2.75) is 13.3 Å². The van der Waals surface area contributed by atoms with Gasteiger partial charge in [-0.1, -0.05) is 0 Å². The van der Waals surface area contributed by atoms with E-state index in [4.69, 9.17) is 0 Å². The van der Waals surface area contributed by atoms with Gasteiger partial charge in [0.15, 0.2) is 0 Å². The van der Waals surface area contributed by atoms with Crippen LogP contribution in [0.1, 0.15) is 12.0 Å². The molecule has 0 amide bonds. The molecule has 0 aliphatic carbocycles. The predicted octanol–water partition coefficient (Wildman–Crippen LogP) is 1.99. The van der Waals surface area contributed by atoms with Crippen LogP contribution in [0.15, 0.2) is 6.33 Å². The van der Waals surface area contributed by atoms with Crippen LogP contribution in [0.25, 0.3) is 0 Å². The molecule has 4 nitrogen and oxygen atoms in total. The second-order valence-electron chi connectivity index (χ2n) is 4.06. The molecule has 0 saturated carbocycles. The van der Waals surface area contributed by atoms with Crippen LogP contribution >= 0.6 is 11.8 Å². The highest BCUT2D eigenvalue weighted by Gasteiger charge is 2.15. The third kappa shape index (κ3) is 2.58. The lowest BCUT2D eigenvalue weighted by atomic mass is 10.1. The van der Waals surface area contributed by atoms with Gasteiger partial charge < -0.3 is 10.6 Å². The summed E-state index contributed by atoms with van der Waals surface area (Å²) in [6.07, 6.45) is 2.92. The Bertz CT molecular complexity index is 350. The Labute approximate surface area is 101 Å². The lowest BCUT2D eigenvalue weighted by molar-refractivity contribution is 0.630. The first kappa shape index (κ1) is 11.5. The normalized spacial score (nSPS) is 19.8. The first-order valence-corrected chi connectivity index (χ1v) is 6.77. The van der Waals surface area contributed by atoms with Crippen molar-refractivity contribution in [3.63, 3.8) is 0 Å². The molecule has 1 saturated heterocycles. The van der Waals surface area contributed by atoms with Gasteiger partial charge in [-0.2, -0.15) is 11.8 Å². The Morgan fingerprint density at radius 1 is 1.44 bits per heavy atom. The van der Waals surface area contributed by atoms with Crippen LogP contribution in [0.4, 0.5) is 11.6 Å². The van der Waals surface area contributed by atoms with Gasteiger partial charge in [0.25, 0.3) is 0 Å². The molecule has 1 aliphatic heterocycles. The molecule has 1 aliphatic rings. The standard InChI is InChI=1S/C11H18N4S/c1-8-10(12-2)14-7-15-11(8)13-5-9-3-4-16-6-9/h7,9H,3-6H2,1-2H3,(H2,12,13,14,15). The summed E-state index contributed by atoms with van der Waals surface area (Å²) in [5, 5.41) is 6.49. The van der Waals surface area contributed by atoms with E-state index in [1.807, 2.05) is 25.7 Å². The maximum atomic E-state index is 4.28. The lowest BCUT2D eigenvalue weighted by Crippen LogP contribution is -2.15. The number of hydrogen-bond acceptors (Lipinski definition) is 5. The second kappa shape index (κ2) is 5.39. The lowest BCUT2D eigenvalue weighted by Gasteiger charge is -2.13. The number of thioether (sulfide) groups is 1. The van der Waals surface area contributed by atoms with E-state index < -0.39 is 0 Å². The van der Waals surface area contributed by atoms with E-state index in [0.717, 1.165) is 29.7 Å². The molecule has 2 heterocycles. The number of rotatable bonds is 4. The highest BCUT2D eigenvalue weighted by molar-refractivity contribution is 7.99. The predicted molar refractivity (Wildman–Crippen MR) is 70.2 cm³/mol. The Morgan fingerprint density at radius 3 is 2.94 bits per heavy atom. The molecule has 5 heteroatoms. The second-order valence-corrected chi connectivity index (χ2v) is 5.21. The zero-order valence-corrected chi connectivity index (χ0v) is 10.6. The number of aromatic nitrogens is 2. The van der Waals surface area contributed by atoms with Gasteiger partial charge in [-0.3, -0.25) is 0 Å². The van der Waals surface area contributed by atoms with Crippen molar-refractivity contribution >= 4 is 23.4 Å². The van der Waals surface area contributed by atoms with Crippen LogP contribution in [-0.4, -0.2) is 35.1 Å². The first-order valence-electron chi connectivity index (χ1n) is 5.62. The van der Waals surface area contributed by atoms with Crippen LogP contribution in [0, 0.1) is 12.8 Å². The minimum absolute atomic E-state index is 0.789. The third-order valence-electron chi connectivity index (χ3n) is 2.90. The zero-order valence-electron chi connectivity index (χ0n) is 9.79. The van der Waals surface area contributed by atoms with Gasteiger partial charge in [-0.25, -0.2) is 9.97 Å². The van der Waals surface area contributed by atoms with Crippen LogP contribution in [0.2, 0.25) is 0 Å². The van der Waals surface area contributed by atoms with E-state index in [2.05, 4.69) is 20.6 Å². The molecule has 0 radical (unpaired) electrons. The summed E-state index contributed by atoms with van der Waals surface area (Å²) in [7, 11) is 1.88. The molecule has 0 spiro atoms. The Hall–Kier alpha value is -0.970. The monoisotopic (exact) mass is 238 g/mol. The summed E-state index contributed by atoms with van der Waals surface area (Å²) in [4.78, 5) is 8.45. The molecule has 1 unspecified atom stereocenters. The number of nitrogens with one attached hydrogen (secondary N) is 2. The van der Waals surface area contributed by atoms with Crippen molar-refractivity contribution in [3.8, 4) is 0 Å². The summed E-state index contributed by atoms with van der Waals surface area (Å²) in [5.74, 6) is 5.22. The average Bonchev–Trinajstić information content (AvgIpc) is 2.81. The maximum absolute atomic E-state index is 4.28. The topological polar surface area (TPSA) is 49.8 Å². The van der Waals surface area contributed by atoms with E-state index in [1.165, 1.54) is 17.9 Å². The fourth-order valence-corrected chi connectivity index (χ4v) is 3.15. The Kier molecular flexibility index (Phi) is 3.88. The Balaban J connectivity index is 1.97. The van der Waals surface area contributed by atoms with E-state index in [9.17, 15) is 0 Å². The maximum Gasteiger partial charge on any atom is 0.134 e. The molecule has 1 fully saturated rings. The molecule has 16 heavy (non-hydrogen) atoms. The molecule has 2 N–H and O–H groups in total. The fraction of sp³-hybridized carbons (Fsp3) is 0.636. The van der Waals surface area contributed by atoms with Gasteiger partial charge in [-0.15, -0.1) is 0 Å². The van der Waals surface area contributed by atoms with Crippen molar-refractivity contribution in [1.82, 2.24) is 9.97 Å². The molecule has 1 atom stereocenters. The molecular formula is C11H18N4S. The SMILES string of the molecule is CNc1ncnc(NCC2CCSC2)c1C. The van der Waals surface area contributed by atoms with Crippen molar-refractivity contribution in [2.75, 3.05) is 35.7 Å². The van der Waals surface area contributed by atoms with E-state index in [1.54, 1.807) is 6.33 Å². The highest BCUT2D eigenvalue weighted by atomic mass is 32.2. The summed E-state index contributed by atoms with van der Waals surface area (Å²) in [6, 6.07) is 0. The summed E-state index contributed by atoms with van der Waals surface area (Å²) < 4.78 is 0. The number of hydrogen-bond donors (Lipinski definition) is 2. The largest absolute Gasteiger partial charge is 0.373 e. The van der Waals surface area contributed by atoms with E-state index in [0.29, 0.717) is 0 Å². The van der Waals surface area contributed by atoms with Crippen molar-refractivity contribution in [1.29, 1.82) is 0 Å². The zero-order chi connectivity index (χ0) is 11.4. The van der Waals surface area contributed by atoms with E-state index >= 15 is 0 Å². The van der Waals surface area contributed by atoms with Gasteiger partial charge in [0.05, 0.1) is 0 Å².